The van der Waals surface area contributed by atoms with E-state index in [1.807, 2.05) is 36.5 Å². The van der Waals surface area contributed by atoms with E-state index in [-0.39, 0.29) is 16.2 Å². The minimum atomic E-state index is -0.322. The Morgan fingerprint density at radius 3 is 0.879 bits per heavy atom. The van der Waals surface area contributed by atoms with Crippen LogP contribution in [0.1, 0.15) is 74.9 Å². The van der Waals surface area contributed by atoms with Crippen LogP contribution in [-0.4, -0.2) is 29.9 Å². The topological polar surface area (TPSA) is 77.3 Å². The summed E-state index contributed by atoms with van der Waals surface area (Å²) in [4.78, 5) is 31.3. The molecule has 0 saturated heterocycles. The van der Waals surface area contributed by atoms with Crippen molar-refractivity contribution in [1.82, 2.24) is 29.9 Å². The highest BCUT2D eigenvalue weighted by Gasteiger charge is 2.43. The standard InChI is InChI=1S/2C49H34N2.C45H34N2/c1-49(2)42-30-36(27-28-41(42)47-45(49)46(32-16-5-3-6-17-32)50-48(51-47)33-18-7-4-8-19-33)44-39-23-13-11-21-37(39)43(38-22-12-14-24-40(38)44)35-26-25-31-15-9-10-20-34(31)29-35;1-49(2)42-26-13-12-25-41(42)47-45(49)46(50-48(51-47)32-16-4-3-5-17-32)36-20-14-19-34(30-36)43-37-21-8-10-23-39(37)44(40-24-11-9-22-38(40)43)35-28-27-31-15-6-7-18-33(31)29-35;1-45(2,35-20-10-5-11-21-35)40-30-46-44(34-18-8-4-9-19-34)47-43(40)33-28-26-32(27-29-33)42-38-24-14-12-22-36(38)41(31-16-6-3-7-17-31)37-23-13-15-25-39(37)42/h2*3-30H,1-2H3;3-30H,1-2H3. The minimum absolute atomic E-state index is 0.257. The third kappa shape index (κ3) is 15.8. The van der Waals surface area contributed by atoms with Crippen molar-refractivity contribution >= 4 is 86.2 Å². The van der Waals surface area contributed by atoms with Crippen molar-refractivity contribution in [3.05, 3.63) is 543 Å². The van der Waals surface area contributed by atoms with E-state index in [0.29, 0.717) is 0 Å². The van der Waals surface area contributed by atoms with E-state index in [1.165, 1.54) is 192 Å². The minimum Gasteiger partial charge on any atom is -0.236 e. The molecule has 3 heterocycles. The summed E-state index contributed by atoms with van der Waals surface area (Å²) in [7, 11) is 0. The van der Waals surface area contributed by atoms with Gasteiger partial charge in [0.2, 0.25) is 0 Å². The summed E-state index contributed by atoms with van der Waals surface area (Å²) >= 11 is 0. The zero-order chi connectivity index (χ0) is 100. The number of aromatic nitrogens is 6. The van der Waals surface area contributed by atoms with Gasteiger partial charge in [0.25, 0.3) is 0 Å². The number of nitrogens with zero attached hydrogens (tertiary/aromatic N) is 6. The van der Waals surface area contributed by atoms with Crippen molar-refractivity contribution in [1.29, 1.82) is 0 Å². The molecule has 0 N–H and O–H groups in total. The quantitative estimate of drug-likeness (QED) is 0.101. The maximum Gasteiger partial charge on any atom is 0.160 e. The summed E-state index contributed by atoms with van der Waals surface area (Å²) in [6.07, 6.45) is 2.02. The molecule has 149 heavy (non-hydrogen) atoms. The highest BCUT2D eigenvalue weighted by atomic mass is 14.9. The van der Waals surface area contributed by atoms with Gasteiger partial charge in [-0.25, -0.2) is 29.9 Å². The Hall–Kier alpha value is -18.6. The summed E-state index contributed by atoms with van der Waals surface area (Å²) in [5.74, 6) is 2.23. The Kier molecular flexibility index (Phi) is 22.6. The largest absolute Gasteiger partial charge is 0.236 e. The van der Waals surface area contributed by atoms with E-state index in [9.17, 15) is 0 Å². The van der Waals surface area contributed by atoms with E-state index in [0.717, 1.165) is 84.9 Å². The fourth-order valence-electron chi connectivity index (χ4n) is 23.8. The van der Waals surface area contributed by atoms with Crippen molar-refractivity contribution < 1.29 is 0 Å². The van der Waals surface area contributed by atoms with Crippen molar-refractivity contribution in [2.24, 2.45) is 0 Å². The SMILES string of the molecule is CC(C)(c1ccccc1)c1cnc(-c2ccccc2)nc1-c1ccc(-c2c3ccccc3c(-c3ccccc3)c3ccccc23)cc1.CC1(C)c2cc(-c3c4ccccc4c(-c4ccc5ccccc5c4)c4ccccc34)ccc2-c2nc(-c3ccccc3)nc(-c3ccccc3)c21.CC1(C)c2ccccc2-c2nc(-c3ccccc3)nc(-c3cccc(-c4c5ccccc5c(-c5ccc6ccccc6c5)c5ccccc45)c3)c21. The second-order valence-corrected chi connectivity index (χ2v) is 40.9. The molecule has 26 aromatic rings. The maximum atomic E-state index is 5.39. The Bertz CT molecular complexity index is 9590. The van der Waals surface area contributed by atoms with Crippen LogP contribution in [0.2, 0.25) is 0 Å². The molecule has 0 atom stereocenters. The van der Waals surface area contributed by atoms with Crippen molar-refractivity contribution in [3.8, 4) is 157 Å². The molecule has 0 bridgehead atoms. The van der Waals surface area contributed by atoms with Gasteiger partial charge in [-0.1, -0.05) is 521 Å². The molecule has 3 aromatic heterocycles. The third-order valence-electron chi connectivity index (χ3n) is 31.1. The molecule has 2 aliphatic rings. The zero-order valence-corrected chi connectivity index (χ0v) is 83.7. The van der Waals surface area contributed by atoms with E-state index >= 15 is 0 Å². The Labute approximate surface area is 867 Å². The Morgan fingerprint density at radius 1 is 0.181 bits per heavy atom. The van der Waals surface area contributed by atoms with Crippen LogP contribution >= 0.6 is 0 Å². The normalized spacial score (nSPS) is 12.6. The average Bonchev–Trinajstić information content (AvgIpc) is 1.54. The molecule has 0 spiro atoms. The molecule has 0 saturated carbocycles. The second-order valence-electron chi connectivity index (χ2n) is 40.9. The highest BCUT2D eigenvalue weighted by Crippen LogP contribution is 2.57. The first kappa shape index (κ1) is 90.4. The molecule has 6 heteroatoms. The van der Waals surface area contributed by atoms with E-state index in [1.54, 1.807) is 0 Å². The van der Waals surface area contributed by atoms with Gasteiger partial charge < -0.3 is 0 Å². The second kappa shape index (κ2) is 37.2. The molecule has 704 valence electrons. The number of hydrogen-bond acceptors (Lipinski definition) is 6. The van der Waals surface area contributed by atoms with Gasteiger partial charge in [0.15, 0.2) is 17.5 Å². The van der Waals surface area contributed by atoms with Gasteiger partial charge in [-0.15, -0.1) is 0 Å². The van der Waals surface area contributed by atoms with Crippen molar-refractivity contribution in [2.75, 3.05) is 0 Å². The molecule has 2 aliphatic carbocycles. The van der Waals surface area contributed by atoms with Crippen LogP contribution in [0.5, 0.6) is 0 Å². The molecule has 0 amide bonds. The highest BCUT2D eigenvalue weighted by molar-refractivity contribution is 6.25. The maximum absolute atomic E-state index is 5.39. The molecule has 0 aliphatic heterocycles. The predicted molar refractivity (Wildman–Crippen MR) is 625 cm³/mol. The van der Waals surface area contributed by atoms with Crippen LogP contribution < -0.4 is 0 Å². The Balaban J connectivity index is 0.000000113. The summed E-state index contributed by atoms with van der Waals surface area (Å²) in [6.45, 7) is 13.8. The fraction of sp³-hybridized carbons (Fsp3) is 0.0629. The molecule has 23 aromatic carbocycles. The summed E-state index contributed by atoms with van der Waals surface area (Å²) < 4.78 is 0. The molecular weight excluding hydrogens is 1800 g/mol. The van der Waals surface area contributed by atoms with Gasteiger partial charge in [-0.3, -0.25) is 0 Å². The van der Waals surface area contributed by atoms with Crippen LogP contribution in [0.3, 0.4) is 0 Å². The molecule has 0 radical (unpaired) electrons. The van der Waals surface area contributed by atoms with E-state index in [2.05, 4.69) is 515 Å². The average molecular weight is 1900 g/mol. The lowest BCUT2D eigenvalue weighted by Crippen LogP contribution is -2.21. The smallest absolute Gasteiger partial charge is 0.160 e. The first-order valence-electron chi connectivity index (χ1n) is 51.5. The van der Waals surface area contributed by atoms with Gasteiger partial charge in [0.05, 0.1) is 28.5 Å². The van der Waals surface area contributed by atoms with Crippen molar-refractivity contribution in [3.63, 3.8) is 0 Å². The summed E-state index contributed by atoms with van der Waals surface area (Å²) in [6, 6.07) is 181. The van der Waals surface area contributed by atoms with Gasteiger partial charge in [-0.2, -0.15) is 0 Å². The Morgan fingerprint density at radius 2 is 0.450 bits per heavy atom. The van der Waals surface area contributed by atoms with Crippen molar-refractivity contribution in [2.45, 2.75) is 57.8 Å². The van der Waals surface area contributed by atoms with Crippen LogP contribution in [0.4, 0.5) is 0 Å². The zero-order valence-electron chi connectivity index (χ0n) is 83.7. The molecule has 6 nitrogen and oxygen atoms in total. The lowest BCUT2D eigenvalue weighted by Gasteiger charge is -2.28. The predicted octanol–water partition coefficient (Wildman–Crippen LogP) is 37.6. The molecule has 28 rings (SSSR count). The van der Waals surface area contributed by atoms with Crippen LogP contribution in [0.15, 0.2) is 510 Å². The number of fused-ring (bicyclic) bond motifs is 14. The van der Waals surface area contributed by atoms with Gasteiger partial charge >= 0.3 is 0 Å². The monoisotopic (exact) mass is 1900 g/mol. The van der Waals surface area contributed by atoms with Gasteiger partial charge in [0.1, 0.15) is 0 Å². The first-order valence-corrected chi connectivity index (χ1v) is 51.5. The molecule has 0 unspecified atom stereocenters. The lowest BCUT2D eigenvalue weighted by molar-refractivity contribution is 0.636. The van der Waals surface area contributed by atoms with Crippen LogP contribution in [-0.2, 0) is 16.2 Å². The van der Waals surface area contributed by atoms with E-state index < -0.39 is 0 Å². The number of hydrogen-bond donors (Lipinski definition) is 0. The fourth-order valence-corrected chi connectivity index (χ4v) is 23.8. The summed E-state index contributed by atoms with van der Waals surface area (Å²) in [5.41, 5.74) is 34.9. The first-order chi connectivity index (χ1) is 73.2. The summed E-state index contributed by atoms with van der Waals surface area (Å²) in [5, 5.41) is 20.0. The van der Waals surface area contributed by atoms with Crippen LogP contribution in [0.25, 0.3) is 243 Å². The van der Waals surface area contributed by atoms with Gasteiger partial charge in [0, 0.05) is 83.6 Å². The third-order valence-corrected chi connectivity index (χ3v) is 31.1. The van der Waals surface area contributed by atoms with Crippen LogP contribution in [0, 0.1) is 0 Å². The number of rotatable bonds is 14. The van der Waals surface area contributed by atoms with Gasteiger partial charge in [-0.05, 0) is 194 Å². The number of benzene rings is 23. The lowest BCUT2D eigenvalue weighted by atomic mass is 9.77. The van der Waals surface area contributed by atoms with E-state index in [4.69, 9.17) is 29.9 Å². The molecular formula is C143H102N6. The molecule has 0 fully saturated rings.